The zero-order chi connectivity index (χ0) is 18.4. The first-order valence-electron chi connectivity index (χ1n) is 7.47. The molecule has 0 saturated heterocycles. The topological polar surface area (TPSA) is 101 Å². The van der Waals surface area contributed by atoms with Gasteiger partial charge in [0.25, 0.3) is 17.5 Å². The molecule has 25 heavy (non-hydrogen) atoms. The van der Waals surface area contributed by atoms with Gasteiger partial charge < -0.3 is 10.6 Å². The first-order valence-corrected chi connectivity index (χ1v) is 7.47. The summed E-state index contributed by atoms with van der Waals surface area (Å²) in [5.74, 6) is -0.893. The van der Waals surface area contributed by atoms with E-state index >= 15 is 0 Å². The van der Waals surface area contributed by atoms with E-state index in [4.69, 9.17) is 0 Å². The van der Waals surface area contributed by atoms with Crippen molar-refractivity contribution in [3.05, 3.63) is 81.0 Å². The van der Waals surface area contributed by atoms with Crippen molar-refractivity contribution in [1.82, 2.24) is 10.6 Å². The highest BCUT2D eigenvalue weighted by molar-refractivity contribution is 6.05. The fourth-order valence-corrected chi connectivity index (χ4v) is 2.05. The summed E-state index contributed by atoms with van der Waals surface area (Å²) in [6, 6.07) is 12.6. The summed E-state index contributed by atoms with van der Waals surface area (Å²) in [5, 5.41) is 15.7. The molecule has 0 bridgehead atoms. The molecule has 2 N–H and O–H groups in total. The molecule has 0 aliphatic rings. The van der Waals surface area contributed by atoms with Gasteiger partial charge in [0.1, 0.15) is 5.70 Å². The number of rotatable bonds is 5. The number of amides is 2. The zero-order valence-electron chi connectivity index (χ0n) is 13.8. The van der Waals surface area contributed by atoms with Crippen LogP contribution in [-0.4, -0.2) is 23.8 Å². The van der Waals surface area contributed by atoms with Gasteiger partial charge in [-0.15, -0.1) is 0 Å². The molecule has 7 nitrogen and oxygen atoms in total. The number of nitrogens with zero attached hydrogens (tertiary/aromatic N) is 1. The highest BCUT2D eigenvalue weighted by Crippen LogP contribution is 2.14. The number of hydrogen-bond donors (Lipinski definition) is 2. The monoisotopic (exact) mass is 339 g/mol. The number of aryl methyl sites for hydroxylation is 1. The molecule has 0 aromatic heterocycles. The predicted molar refractivity (Wildman–Crippen MR) is 93.8 cm³/mol. The van der Waals surface area contributed by atoms with Crippen LogP contribution in [0.25, 0.3) is 6.08 Å². The van der Waals surface area contributed by atoms with Gasteiger partial charge in [0.05, 0.1) is 4.92 Å². The van der Waals surface area contributed by atoms with Crippen LogP contribution < -0.4 is 10.6 Å². The van der Waals surface area contributed by atoms with E-state index in [2.05, 4.69) is 10.6 Å². The van der Waals surface area contributed by atoms with Crippen LogP contribution in [0.3, 0.4) is 0 Å². The minimum atomic E-state index is -0.508. The van der Waals surface area contributed by atoms with Crippen LogP contribution in [0.5, 0.6) is 0 Å². The smallest absolute Gasteiger partial charge is 0.269 e. The normalized spacial score (nSPS) is 10.9. The molecule has 0 fully saturated rings. The molecular weight excluding hydrogens is 322 g/mol. The van der Waals surface area contributed by atoms with E-state index in [0.717, 1.165) is 5.56 Å². The minimum absolute atomic E-state index is 0.0435. The summed E-state index contributed by atoms with van der Waals surface area (Å²) in [4.78, 5) is 34.5. The Kier molecular flexibility index (Phi) is 5.62. The lowest BCUT2D eigenvalue weighted by Crippen LogP contribution is -2.33. The Balaban J connectivity index is 2.26. The summed E-state index contributed by atoms with van der Waals surface area (Å²) in [7, 11) is 1.45. The van der Waals surface area contributed by atoms with Gasteiger partial charge >= 0.3 is 0 Å². The van der Waals surface area contributed by atoms with Crippen molar-refractivity contribution in [3.8, 4) is 0 Å². The summed E-state index contributed by atoms with van der Waals surface area (Å²) >= 11 is 0. The second-order valence-corrected chi connectivity index (χ2v) is 5.31. The number of carbonyl (C=O) groups is 2. The van der Waals surface area contributed by atoms with Crippen molar-refractivity contribution in [2.75, 3.05) is 7.05 Å². The third-order valence-electron chi connectivity index (χ3n) is 3.45. The van der Waals surface area contributed by atoms with E-state index in [9.17, 15) is 19.7 Å². The Morgan fingerprint density at radius 1 is 1.04 bits per heavy atom. The highest BCUT2D eigenvalue weighted by atomic mass is 16.6. The van der Waals surface area contributed by atoms with Gasteiger partial charge in [0.15, 0.2) is 0 Å². The average molecular weight is 339 g/mol. The van der Waals surface area contributed by atoms with Crippen molar-refractivity contribution >= 4 is 23.6 Å². The second-order valence-electron chi connectivity index (χ2n) is 5.31. The van der Waals surface area contributed by atoms with E-state index in [1.165, 1.54) is 37.4 Å². The highest BCUT2D eigenvalue weighted by Gasteiger charge is 2.13. The van der Waals surface area contributed by atoms with E-state index in [1.54, 1.807) is 24.3 Å². The van der Waals surface area contributed by atoms with Gasteiger partial charge in [-0.2, -0.15) is 0 Å². The van der Waals surface area contributed by atoms with Crippen LogP contribution in [0.4, 0.5) is 5.69 Å². The molecule has 0 aliphatic carbocycles. The van der Waals surface area contributed by atoms with Gasteiger partial charge in [0.2, 0.25) is 0 Å². The summed E-state index contributed by atoms with van der Waals surface area (Å²) in [6.45, 7) is 1.91. The van der Waals surface area contributed by atoms with E-state index in [0.29, 0.717) is 11.1 Å². The van der Waals surface area contributed by atoms with Crippen molar-refractivity contribution < 1.29 is 14.5 Å². The Labute approximate surface area is 144 Å². The van der Waals surface area contributed by atoms with Crippen LogP contribution >= 0.6 is 0 Å². The van der Waals surface area contributed by atoms with Gasteiger partial charge in [-0.25, -0.2) is 0 Å². The number of non-ortho nitro benzene ring substituents is 1. The number of nitro benzene ring substituents is 1. The lowest BCUT2D eigenvalue weighted by Gasteiger charge is -2.09. The molecule has 0 radical (unpaired) electrons. The largest absolute Gasteiger partial charge is 0.354 e. The van der Waals surface area contributed by atoms with Gasteiger partial charge in [-0.3, -0.25) is 19.7 Å². The molecule has 128 valence electrons. The molecule has 2 aromatic rings. The van der Waals surface area contributed by atoms with Crippen LogP contribution in [0, 0.1) is 17.0 Å². The second kappa shape index (κ2) is 7.87. The molecule has 0 unspecified atom stereocenters. The molecule has 2 aromatic carbocycles. The molecule has 0 aliphatic heterocycles. The maximum Gasteiger partial charge on any atom is 0.269 e. The summed E-state index contributed by atoms with van der Waals surface area (Å²) in [6.07, 6.45) is 1.45. The van der Waals surface area contributed by atoms with Crippen molar-refractivity contribution in [1.29, 1.82) is 0 Å². The molecule has 0 heterocycles. The third-order valence-corrected chi connectivity index (χ3v) is 3.45. The Bertz CT molecular complexity index is 824. The van der Waals surface area contributed by atoms with Crippen molar-refractivity contribution in [2.24, 2.45) is 0 Å². The summed E-state index contributed by atoms with van der Waals surface area (Å²) in [5.41, 5.74) is 1.98. The fourth-order valence-electron chi connectivity index (χ4n) is 2.05. The number of nitro groups is 1. The number of nitrogens with one attached hydrogen (secondary N) is 2. The molecule has 0 spiro atoms. The third kappa shape index (κ3) is 4.74. The van der Waals surface area contributed by atoms with E-state index < -0.39 is 16.7 Å². The van der Waals surface area contributed by atoms with Crippen LogP contribution in [0.1, 0.15) is 21.5 Å². The maximum absolute atomic E-state index is 12.3. The minimum Gasteiger partial charge on any atom is -0.354 e. The maximum atomic E-state index is 12.3. The summed E-state index contributed by atoms with van der Waals surface area (Å²) < 4.78 is 0. The SMILES string of the molecule is CNC(=O)/C(=C/c1ccc([N+](=O)[O-])cc1)NC(=O)c1ccc(C)cc1. The Morgan fingerprint density at radius 2 is 1.64 bits per heavy atom. The van der Waals surface area contributed by atoms with Crippen molar-refractivity contribution in [2.45, 2.75) is 6.92 Å². The quantitative estimate of drug-likeness (QED) is 0.496. The Morgan fingerprint density at radius 3 is 2.16 bits per heavy atom. The van der Waals surface area contributed by atoms with Gasteiger partial charge in [-0.1, -0.05) is 17.7 Å². The number of carbonyl (C=O) groups excluding carboxylic acids is 2. The average Bonchev–Trinajstić information content (AvgIpc) is 2.61. The first kappa shape index (κ1) is 17.9. The van der Waals surface area contributed by atoms with Crippen LogP contribution in [0.2, 0.25) is 0 Å². The lowest BCUT2D eigenvalue weighted by molar-refractivity contribution is -0.384. The fraction of sp³-hybridized carbons (Fsp3) is 0.111. The molecule has 0 saturated carbocycles. The molecule has 2 rings (SSSR count). The zero-order valence-corrected chi connectivity index (χ0v) is 13.8. The molecule has 0 atom stereocenters. The van der Waals surface area contributed by atoms with Gasteiger partial charge in [-0.05, 0) is 42.8 Å². The number of hydrogen-bond acceptors (Lipinski definition) is 4. The van der Waals surface area contributed by atoms with E-state index in [-0.39, 0.29) is 11.4 Å². The molecular formula is C18H17N3O4. The van der Waals surface area contributed by atoms with Crippen molar-refractivity contribution in [3.63, 3.8) is 0 Å². The predicted octanol–water partition coefficient (Wildman–Crippen LogP) is 2.42. The number of likely N-dealkylation sites (N-methyl/N-ethyl adjacent to an activating group) is 1. The first-order chi connectivity index (χ1) is 11.9. The number of benzene rings is 2. The lowest BCUT2D eigenvalue weighted by atomic mass is 10.1. The van der Waals surface area contributed by atoms with Crippen LogP contribution in [0.15, 0.2) is 54.2 Å². The Hall–Kier alpha value is -3.48. The standard InChI is InChI=1S/C18H17N3O4/c1-12-3-7-14(8-4-12)17(22)20-16(18(23)19-2)11-13-5-9-15(10-6-13)21(24)25/h3-11H,1-2H3,(H,19,23)(H,20,22)/b16-11-. The van der Waals surface area contributed by atoms with Crippen LogP contribution in [-0.2, 0) is 4.79 Å². The molecule has 2 amide bonds. The molecule has 7 heteroatoms. The van der Waals surface area contributed by atoms with Gasteiger partial charge in [0, 0.05) is 24.7 Å². The van der Waals surface area contributed by atoms with E-state index in [1.807, 2.05) is 6.92 Å².